The zero-order chi connectivity index (χ0) is 14.8. The van der Waals surface area contributed by atoms with Gasteiger partial charge in [-0.2, -0.15) is 0 Å². The normalized spacial score (nSPS) is 13.0. The highest BCUT2D eigenvalue weighted by molar-refractivity contribution is 5.65. The number of nitro benzene ring substituents is 1. The minimum Gasteiger partial charge on any atom is -0.375 e. The van der Waals surface area contributed by atoms with E-state index in [0.717, 1.165) is 18.7 Å². The number of rotatable bonds is 4. The topological polar surface area (TPSA) is 67.2 Å². The van der Waals surface area contributed by atoms with E-state index < -0.39 is 0 Å². The lowest BCUT2D eigenvalue weighted by atomic mass is 10.1. The van der Waals surface area contributed by atoms with Crippen LogP contribution in [0, 0.1) is 17.0 Å². The summed E-state index contributed by atoms with van der Waals surface area (Å²) < 4.78 is 0. The Labute approximate surface area is 123 Å². The fourth-order valence-corrected chi connectivity index (χ4v) is 2.70. The number of fused-ring (bicyclic) bond motifs is 1. The van der Waals surface area contributed by atoms with E-state index >= 15 is 0 Å². The summed E-state index contributed by atoms with van der Waals surface area (Å²) in [6.07, 6.45) is 0. The van der Waals surface area contributed by atoms with Gasteiger partial charge in [-0.05, 0) is 29.7 Å². The van der Waals surface area contributed by atoms with Gasteiger partial charge in [0, 0.05) is 25.2 Å². The Morgan fingerprint density at radius 3 is 2.86 bits per heavy atom. The van der Waals surface area contributed by atoms with E-state index in [2.05, 4.69) is 28.8 Å². The molecule has 0 spiro atoms. The minimum absolute atomic E-state index is 0.153. The molecule has 5 nitrogen and oxygen atoms in total. The second kappa shape index (κ2) is 5.54. The molecule has 0 bridgehead atoms. The number of hydrogen-bond donors (Lipinski definition) is 2. The molecule has 0 unspecified atom stereocenters. The molecule has 0 radical (unpaired) electrons. The van der Waals surface area contributed by atoms with E-state index in [1.807, 2.05) is 6.07 Å². The average molecular weight is 283 g/mol. The summed E-state index contributed by atoms with van der Waals surface area (Å²) in [6.45, 7) is 4.15. The highest BCUT2D eigenvalue weighted by Crippen LogP contribution is 2.28. The Kier molecular flexibility index (Phi) is 3.58. The Hall–Kier alpha value is -2.40. The summed E-state index contributed by atoms with van der Waals surface area (Å²) in [4.78, 5) is 10.8. The third-order valence-corrected chi connectivity index (χ3v) is 3.80. The van der Waals surface area contributed by atoms with Crippen molar-refractivity contribution in [2.75, 3.05) is 5.32 Å². The maximum absolute atomic E-state index is 11.2. The molecule has 0 fully saturated rings. The number of nitrogens with zero attached hydrogens (tertiary/aromatic N) is 1. The van der Waals surface area contributed by atoms with E-state index in [1.54, 1.807) is 19.1 Å². The Morgan fingerprint density at radius 2 is 2.05 bits per heavy atom. The Bertz CT molecular complexity index is 698. The van der Waals surface area contributed by atoms with Crippen LogP contribution in [-0.2, 0) is 19.6 Å². The lowest BCUT2D eigenvalue weighted by Gasteiger charge is -2.09. The summed E-state index contributed by atoms with van der Waals surface area (Å²) in [7, 11) is 0. The summed E-state index contributed by atoms with van der Waals surface area (Å²) in [5, 5.41) is 17.7. The quantitative estimate of drug-likeness (QED) is 0.668. The van der Waals surface area contributed by atoms with Crippen molar-refractivity contribution in [1.82, 2.24) is 5.32 Å². The molecule has 0 amide bonds. The standard InChI is InChI=1S/C16H17N3O2/c1-11-3-2-4-15(16(11)19(20)21)18-8-12-5-6-13-9-17-10-14(13)7-12/h2-7,17-18H,8-10H2,1H3. The van der Waals surface area contributed by atoms with Crippen LogP contribution in [0.15, 0.2) is 36.4 Å². The second-order valence-electron chi connectivity index (χ2n) is 5.29. The van der Waals surface area contributed by atoms with Crippen LogP contribution < -0.4 is 10.6 Å². The van der Waals surface area contributed by atoms with E-state index in [9.17, 15) is 10.1 Å². The molecule has 2 aromatic rings. The fraction of sp³-hybridized carbons (Fsp3) is 0.250. The smallest absolute Gasteiger partial charge is 0.295 e. The van der Waals surface area contributed by atoms with Gasteiger partial charge in [0.1, 0.15) is 5.69 Å². The van der Waals surface area contributed by atoms with Crippen molar-refractivity contribution < 1.29 is 4.92 Å². The van der Waals surface area contributed by atoms with E-state index in [0.29, 0.717) is 17.8 Å². The lowest BCUT2D eigenvalue weighted by molar-refractivity contribution is -0.384. The number of aryl methyl sites for hydroxylation is 1. The van der Waals surface area contributed by atoms with E-state index in [-0.39, 0.29) is 10.6 Å². The van der Waals surface area contributed by atoms with Gasteiger partial charge in [-0.15, -0.1) is 0 Å². The van der Waals surface area contributed by atoms with Crippen molar-refractivity contribution in [2.45, 2.75) is 26.6 Å². The van der Waals surface area contributed by atoms with Gasteiger partial charge in [-0.1, -0.05) is 30.3 Å². The molecule has 1 aliphatic rings. The van der Waals surface area contributed by atoms with Crippen LogP contribution in [0.25, 0.3) is 0 Å². The van der Waals surface area contributed by atoms with Crippen molar-refractivity contribution in [3.8, 4) is 0 Å². The zero-order valence-corrected chi connectivity index (χ0v) is 11.8. The van der Waals surface area contributed by atoms with Gasteiger partial charge < -0.3 is 10.6 Å². The van der Waals surface area contributed by atoms with Crippen molar-refractivity contribution in [2.24, 2.45) is 0 Å². The number of benzene rings is 2. The average Bonchev–Trinajstić information content (AvgIpc) is 2.92. The highest BCUT2D eigenvalue weighted by Gasteiger charge is 2.16. The first-order chi connectivity index (χ1) is 10.1. The van der Waals surface area contributed by atoms with Gasteiger partial charge in [0.2, 0.25) is 0 Å². The molecule has 0 atom stereocenters. The van der Waals surface area contributed by atoms with Gasteiger partial charge in [-0.3, -0.25) is 10.1 Å². The molecule has 5 heteroatoms. The first-order valence-corrected chi connectivity index (χ1v) is 6.94. The molecule has 2 aromatic carbocycles. The molecule has 2 N–H and O–H groups in total. The van der Waals surface area contributed by atoms with Crippen molar-refractivity contribution in [1.29, 1.82) is 0 Å². The molecule has 21 heavy (non-hydrogen) atoms. The first-order valence-electron chi connectivity index (χ1n) is 6.94. The van der Waals surface area contributed by atoms with Crippen LogP contribution in [-0.4, -0.2) is 4.92 Å². The Balaban J connectivity index is 1.79. The molecule has 0 aromatic heterocycles. The predicted octanol–water partition coefficient (Wildman–Crippen LogP) is 3.12. The van der Waals surface area contributed by atoms with Gasteiger partial charge in [0.25, 0.3) is 5.69 Å². The summed E-state index contributed by atoms with van der Waals surface area (Å²) in [5.74, 6) is 0. The van der Waals surface area contributed by atoms with Crippen molar-refractivity contribution >= 4 is 11.4 Å². The van der Waals surface area contributed by atoms with Gasteiger partial charge >= 0.3 is 0 Å². The van der Waals surface area contributed by atoms with Crippen LogP contribution in [0.1, 0.15) is 22.3 Å². The molecule has 3 rings (SSSR count). The monoisotopic (exact) mass is 283 g/mol. The molecular weight excluding hydrogens is 266 g/mol. The van der Waals surface area contributed by atoms with Gasteiger partial charge in [0.15, 0.2) is 0 Å². The molecule has 1 heterocycles. The second-order valence-corrected chi connectivity index (χ2v) is 5.29. The molecule has 0 saturated carbocycles. The summed E-state index contributed by atoms with van der Waals surface area (Å²) in [5.41, 5.74) is 5.17. The number of anilines is 1. The SMILES string of the molecule is Cc1cccc(NCc2ccc3c(c2)CNC3)c1[N+](=O)[O-]. The molecule has 0 saturated heterocycles. The van der Waals surface area contributed by atoms with Crippen LogP contribution in [0.5, 0.6) is 0 Å². The van der Waals surface area contributed by atoms with Crippen LogP contribution in [0.4, 0.5) is 11.4 Å². The number of para-hydroxylation sites is 1. The number of nitro groups is 1. The minimum atomic E-state index is -0.329. The first kappa shape index (κ1) is 13.6. The van der Waals surface area contributed by atoms with Crippen molar-refractivity contribution in [3.05, 3.63) is 68.8 Å². The zero-order valence-electron chi connectivity index (χ0n) is 11.8. The van der Waals surface area contributed by atoms with Crippen LogP contribution in [0.3, 0.4) is 0 Å². The summed E-state index contributed by atoms with van der Waals surface area (Å²) >= 11 is 0. The molecule has 1 aliphatic heterocycles. The van der Waals surface area contributed by atoms with Gasteiger partial charge in [-0.25, -0.2) is 0 Å². The lowest BCUT2D eigenvalue weighted by Crippen LogP contribution is -2.04. The number of hydrogen-bond acceptors (Lipinski definition) is 4. The molecular formula is C16H17N3O2. The largest absolute Gasteiger partial charge is 0.375 e. The third-order valence-electron chi connectivity index (χ3n) is 3.80. The Morgan fingerprint density at radius 1 is 1.24 bits per heavy atom. The number of nitrogens with one attached hydrogen (secondary N) is 2. The fourth-order valence-electron chi connectivity index (χ4n) is 2.70. The van der Waals surface area contributed by atoms with Crippen molar-refractivity contribution in [3.63, 3.8) is 0 Å². The highest BCUT2D eigenvalue weighted by atomic mass is 16.6. The predicted molar refractivity (Wildman–Crippen MR) is 82.1 cm³/mol. The maximum atomic E-state index is 11.2. The molecule has 0 aliphatic carbocycles. The van der Waals surface area contributed by atoms with Gasteiger partial charge in [0.05, 0.1) is 4.92 Å². The van der Waals surface area contributed by atoms with Crippen LogP contribution in [0.2, 0.25) is 0 Å². The molecule has 108 valence electrons. The summed E-state index contributed by atoms with van der Waals surface area (Å²) in [6, 6.07) is 11.7. The van der Waals surface area contributed by atoms with Crippen LogP contribution >= 0.6 is 0 Å². The maximum Gasteiger partial charge on any atom is 0.295 e. The van der Waals surface area contributed by atoms with E-state index in [4.69, 9.17) is 0 Å². The van der Waals surface area contributed by atoms with E-state index in [1.165, 1.54) is 11.1 Å². The third kappa shape index (κ3) is 2.73.